The number of hydrogen-bond acceptors (Lipinski definition) is 4. The summed E-state index contributed by atoms with van der Waals surface area (Å²) in [5, 5.41) is 9.94. The second kappa shape index (κ2) is 6.62. The van der Waals surface area contributed by atoms with Gasteiger partial charge in [-0.05, 0) is 54.8 Å². The quantitative estimate of drug-likeness (QED) is 0.743. The van der Waals surface area contributed by atoms with Gasteiger partial charge in [-0.1, -0.05) is 6.07 Å². The van der Waals surface area contributed by atoms with Gasteiger partial charge < -0.3 is 9.39 Å². The van der Waals surface area contributed by atoms with Crippen LogP contribution in [0.4, 0.5) is 4.39 Å². The van der Waals surface area contributed by atoms with Crippen molar-refractivity contribution in [1.82, 2.24) is 4.73 Å². The van der Waals surface area contributed by atoms with E-state index in [1.165, 1.54) is 18.2 Å². The van der Waals surface area contributed by atoms with Crippen molar-refractivity contribution in [2.24, 2.45) is 0 Å². The van der Waals surface area contributed by atoms with Crippen LogP contribution in [0, 0.1) is 5.82 Å². The molecule has 1 N–H and O–H groups in total. The van der Waals surface area contributed by atoms with E-state index in [9.17, 15) is 23.3 Å². The molecule has 0 fully saturated rings. The van der Waals surface area contributed by atoms with Crippen molar-refractivity contribution in [3.63, 3.8) is 0 Å². The molecule has 8 heteroatoms. The summed E-state index contributed by atoms with van der Waals surface area (Å²) in [7, 11) is 0. The zero-order valence-electron chi connectivity index (χ0n) is 14.0. The molecule has 1 heterocycles. The maximum Gasteiger partial charge on any atom is 0.336 e. The summed E-state index contributed by atoms with van der Waals surface area (Å²) in [4.78, 5) is 24.4. The number of aryl methyl sites for hydroxylation is 1. The van der Waals surface area contributed by atoms with Crippen LogP contribution in [0.25, 0.3) is 10.9 Å². The van der Waals surface area contributed by atoms with Gasteiger partial charge in [0.1, 0.15) is 11.5 Å². The molecule has 3 aromatic rings. The van der Waals surface area contributed by atoms with Crippen LogP contribution < -0.4 is 4.28 Å². The number of ketones is 1. The Hall–Kier alpha value is -3.00. The minimum Gasteiger partial charge on any atom is -0.478 e. The molecule has 2 aromatic carbocycles. The van der Waals surface area contributed by atoms with Gasteiger partial charge in [-0.2, -0.15) is 4.73 Å². The van der Waals surface area contributed by atoms with Crippen molar-refractivity contribution in [3.05, 3.63) is 65.1 Å². The molecule has 138 valence electrons. The second-order valence-corrected chi connectivity index (χ2v) is 7.26. The number of carbonyl (C=O) groups is 2. The van der Waals surface area contributed by atoms with E-state index in [2.05, 4.69) is 0 Å². The summed E-state index contributed by atoms with van der Waals surface area (Å²) in [6.07, 6.45) is 1.44. The first kappa shape index (κ1) is 17.4. The minimum absolute atomic E-state index is 0.0633. The van der Waals surface area contributed by atoms with Gasteiger partial charge >= 0.3 is 5.97 Å². The predicted molar refractivity (Wildman–Crippen MR) is 95.6 cm³/mol. The Morgan fingerprint density at radius 3 is 2.59 bits per heavy atom. The van der Waals surface area contributed by atoms with Crippen molar-refractivity contribution < 1.29 is 27.6 Å². The van der Waals surface area contributed by atoms with Crippen LogP contribution in [0.1, 0.15) is 39.3 Å². The van der Waals surface area contributed by atoms with Gasteiger partial charge in [0.2, 0.25) is 0 Å². The van der Waals surface area contributed by atoms with E-state index in [0.29, 0.717) is 35.7 Å². The van der Waals surface area contributed by atoms with Crippen molar-refractivity contribution in [2.45, 2.75) is 24.2 Å². The summed E-state index contributed by atoms with van der Waals surface area (Å²) in [6, 6.07) is 9.60. The fraction of sp³-hybridized carbons (Fsp3) is 0.158. The Kier molecular flexibility index (Phi) is 4.27. The van der Waals surface area contributed by atoms with Crippen LogP contribution >= 0.6 is 0 Å². The number of carboxylic acids is 1. The Morgan fingerprint density at radius 1 is 1.15 bits per heavy atom. The van der Waals surface area contributed by atoms with Gasteiger partial charge in [0, 0.05) is 11.8 Å². The van der Waals surface area contributed by atoms with Gasteiger partial charge in [-0.25, -0.2) is 13.4 Å². The zero-order valence-corrected chi connectivity index (χ0v) is 14.8. The number of Topliss-reactive ketones (excluding diaryl/α,β-unsaturated/α-hetero) is 1. The first-order valence-corrected chi connectivity index (χ1v) is 9.34. The van der Waals surface area contributed by atoms with E-state index < -0.39 is 22.9 Å². The van der Waals surface area contributed by atoms with Gasteiger partial charge in [-0.3, -0.25) is 4.79 Å². The first-order valence-electron chi connectivity index (χ1n) is 8.26. The molecule has 1 aromatic heterocycles. The maximum atomic E-state index is 13.1. The molecule has 0 spiro atoms. The molecule has 0 radical (unpaired) electrons. The van der Waals surface area contributed by atoms with E-state index in [1.807, 2.05) is 0 Å². The topological polar surface area (TPSA) is 85.6 Å². The second-order valence-electron chi connectivity index (χ2n) is 6.17. The van der Waals surface area contributed by atoms with Crippen molar-refractivity contribution in [3.8, 4) is 0 Å². The molecule has 1 unspecified atom stereocenters. The molecule has 1 aliphatic rings. The molecular weight excluding hydrogens is 373 g/mol. The zero-order chi connectivity index (χ0) is 19.1. The molecule has 0 saturated carbocycles. The molecule has 6 nitrogen and oxygen atoms in total. The lowest BCUT2D eigenvalue weighted by atomic mass is 9.93. The molecule has 4 rings (SSSR count). The summed E-state index contributed by atoms with van der Waals surface area (Å²) in [5.41, 5.74) is 1.25. The first-order chi connectivity index (χ1) is 13.0. The Bertz CT molecular complexity index is 1100. The Balaban J connectivity index is 1.89. The number of aromatic nitrogens is 1. The van der Waals surface area contributed by atoms with E-state index in [-0.39, 0.29) is 21.9 Å². The van der Waals surface area contributed by atoms with Crippen LogP contribution in [-0.2, 0) is 17.5 Å². The average Bonchev–Trinajstić information content (AvgIpc) is 2.97. The standard InChI is InChI=1S/C19H14FNO5S/c20-11-7-9-12(10-8-11)27(25)26-21-15-5-1-4-14(19(23)24)17(15)13-3-2-6-16(22)18(13)21/h1,4-5,7-10H,2-3,6H2,(H,23,24). The summed E-state index contributed by atoms with van der Waals surface area (Å²) in [5.74, 6) is -1.78. The maximum absolute atomic E-state index is 13.1. The number of halogens is 1. The van der Waals surface area contributed by atoms with E-state index in [0.717, 1.165) is 16.9 Å². The molecule has 1 aliphatic carbocycles. The highest BCUT2D eigenvalue weighted by molar-refractivity contribution is 7.80. The highest BCUT2D eigenvalue weighted by Gasteiger charge is 2.30. The molecule has 1 atom stereocenters. The molecule has 0 aliphatic heterocycles. The lowest BCUT2D eigenvalue weighted by Gasteiger charge is -2.14. The largest absolute Gasteiger partial charge is 0.478 e. The van der Waals surface area contributed by atoms with Gasteiger partial charge in [0.15, 0.2) is 5.78 Å². The number of aromatic carboxylic acids is 1. The fourth-order valence-corrected chi connectivity index (χ4v) is 4.10. The van der Waals surface area contributed by atoms with Crippen LogP contribution in [0.15, 0.2) is 47.4 Å². The molecule has 0 amide bonds. The third-order valence-corrected chi connectivity index (χ3v) is 5.47. The van der Waals surface area contributed by atoms with Gasteiger partial charge in [0.05, 0.1) is 16.0 Å². The van der Waals surface area contributed by atoms with Gasteiger partial charge in [-0.15, -0.1) is 0 Å². The number of nitrogens with zero attached hydrogens (tertiary/aromatic N) is 1. The molecule has 0 bridgehead atoms. The number of benzene rings is 2. The van der Waals surface area contributed by atoms with Crippen molar-refractivity contribution >= 4 is 33.7 Å². The molecule has 27 heavy (non-hydrogen) atoms. The third kappa shape index (κ3) is 2.91. The van der Waals surface area contributed by atoms with E-state index >= 15 is 0 Å². The normalized spacial score (nSPS) is 14.8. The summed E-state index contributed by atoms with van der Waals surface area (Å²) >= 11 is -2.01. The minimum atomic E-state index is -2.01. The third-order valence-electron chi connectivity index (χ3n) is 4.53. The van der Waals surface area contributed by atoms with Crippen LogP contribution in [0.2, 0.25) is 0 Å². The van der Waals surface area contributed by atoms with E-state index in [4.69, 9.17) is 4.28 Å². The monoisotopic (exact) mass is 387 g/mol. The summed E-state index contributed by atoms with van der Waals surface area (Å²) in [6.45, 7) is 0. The molecular formula is C19H14FNO5S. The predicted octanol–water partition coefficient (Wildman–Crippen LogP) is 3.15. The SMILES string of the molecule is O=C(O)c1cccc2c1c1c(n2OS(=O)c2ccc(F)cc2)C(=O)CCC1. The fourth-order valence-electron chi connectivity index (χ4n) is 3.37. The number of hydrogen-bond donors (Lipinski definition) is 1. The average molecular weight is 387 g/mol. The van der Waals surface area contributed by atoms with Crippen LogP contribution in [0.5, 0.6) is 0 Å². The number of rotatable bonds is 4. The lowest BCUT2D eigenvalue weighted by Crippen LogP contribution is -2.22. The number of fused-ring (bicyclic) bond motifs is 3. The Labute approximate surface area is 155 Å². The van der Waals surface area contributed by atoms with Crippen molar-refractivity contribution in [2.75, 3.05) is 0 Å². The highest BCUT2D eigenvalue weighted by Crippen LogP contribution is 2.34. The lowest BCUT2D eigenvalue weighted by molar-refractivity contribution is 0.0698. The Morgan fingerprint density at radius 2 is 1.89 bits per heavy atom. The highest BCUT2D eigenvalue weighted by atomic mass is 32.2. The van der Waals surface area contributed by atoms with E-state index in [1.54, 1.807) is 12.1 Å². The number of carbonyl (C=O) groups excluding carboxylic acids is 1. The summed E-state index contributed by atoms with van der Waals surface area (Å²) < 4.78 is 32.4. The van der Waals surface area contributed by atoms with Crippen LogP contribution in [0.3, 0.4) is 0 Å². The smallest absolute Gasteiger partial charge is 0.336 e. The van der Waals surface area contributed by atoms with Crippen molar-refractivity contribution in [1.29, 1.82) is 0 Å². The number of carboxylic acid groups (broad SMARTS) is 1. The molecule has 0 saturated heterocycles. The van der Waals surface area contributed by atoms with Gasteiger partial charge in [0.25, 0.3) is 11.1 Å². The van der Waals surface area contributed by atoms with Crippen LogP contribution in [-0.4, -0.2) is 25.8 Å².